The van der Waals surface area contributed by atoms with Crippen molar-refractivity contribution in [2.24, 2.45) is 0 Å². The molecule has 0 spiro atoms. The van der Waals surface area contributed by atoms with Gasteiger partial charge in [0.05, 0.1) is 19.5 Å². The minimum atomic E-state index is -0.826. The van der Waals surface area contributed by atoms with E-state index in [0.29, 0.717) is 6.61 Å². The molecule has 0 aliphatic heterocycles. The van der Waals surface area contributed by atoms with Gasteiger partial charge in [0.25, 0.3) is 0 Å². The molecule has 0 saturated carbocycles. The maximum atomic E-state index is 9.90. The third-order valence-corrected chi connectivity index (χ3v) is 2.00. The number of methoxy groups -OCH3 is 3. The van der Waals surface area contributed by atoms with Crippen LogP contribution in [0.15, 0.2) is 12.8 Å². The van der Waals surface area contributed by atoms with Crippen LogP contribution in [0.4, 0.5) is 0 Å². The normalized spacial score (nSPS) is 16.8. The zero-order chi connectivity index (χ0) is 11.7. The van der Waals surface area contributed by atoms with Crippen LogP contribution in [0.1, 0.15) is 0 Å². The van der Waals surface area contributed by atoms with Gasteiger partial charge in [-0.2, -0.15) is 0 Å². The van der Waals surface area contributed by atoms with E-state index in [4.69, 9.17) is 18.9 Å². The van der Waals surface area contributed by atoms with Crippen LogP contribution in [0.3, 0.4) is 0 Å². The molecular weight excluding hydrogens is 200 g/mol. The Labute approximate surface area is 90.6 Å². The van der Waals surface area contributed by atoms with Crippen LogP contribution in [0, 0.1) is 0 Å². The zero-order valence-corrected chi connectivity index (χ0v) is 9.51. The molecule has 3 atom stereocenters. The monoisotopic (exact) mass is 220 g/mol. The Hall–Kier alpha value is -0.620. The Kier molecular flexibility index (Phi) is 8.31. The first-order chi connectivity index (χ1) is 7.21. The van der Waals surface area contributed by atoms with Crippen LogP contribution in [0.5, 0.6) is 0 Å². The highest BCUT2D eigenvalue weighted by atomic mass is 16.6. The van der Waals surface area contributed by atoms with Gasteiger partial charge in [0.1, 0.15) is 18.3 Å². The number of hydrogen-bond donors (Lipinski definition) is 1. The van der Waals surface area contributed by atoms with Gasteiger partial charge in [-0.1, -0.05) is 6.58 Å². The Morgan fingerprint density at radius 2 is 1.67 bits per heavy atom. The summed E-state index contributed by atoms with van der Waals surface area (Å²) >= 11 is 0. The first-order valence-electron chi connectivity index (χ1n) is 4.66. The molecule has 15 heavy (non-hydrogen) atoms. The first-order valence-corrected chi connectivity index (χ1v) is 4.66. The summed E-state index contributed by atoms with van der Waals surface area (Å²) in [5, 5.41) is 9.90. The number of rotatable bonds is 9. The predicted octanol–water partition coefficient (Wildman–Crippen LogP) is 0.184. The lowest BCUT2D eigenvalue weighted by molar-refractivity contribution is -0.115. The summed E-state index contributed by atoms with van der Waals surface area (Å²) in [5.41, 5.74) is 0. The molecule has 5 nitrogen and oxygen atoms in total. The van der Waals surface area contributed by atoms with Crippen molar-refractivity contribution in [2.75, 3.05) is 34.5 Å². The molecule has 0 aliphatic carbocycles. The van der Waals surface area contributed by atoms with Crippen molar-refractivity contribution in [3.05, 3.63) is 12.8 Å². The summed E-state index contributed by atoms with van der Waals surface area (Å²) in [6.07, 6.45) is -0.512. The van der Waals surface area contributed by atoms with Crippen molar-refractivity contribution >= 4 is 0 Å². The quantitative estimate of drug-likeness (QED) is 0.562. The molecule has 0 aromatic carbocycles. The second kappa shape index (κ2) is 8.67. The van der Waals surface area contributed by atoms with Crippen LogP contribution in [-0.2, 0) is 18.9 Å². The summed E-state index contributed by atoms with van der Waals surface area (Å²) in [6.45, 7) is 3.99. The second-order valence-corrected chi connectivity index (χ2v) is 3.02. The fourth-order valence-corrected chi connectivity index (χ4v) is 1.22. The fourth-order valence-electron chi connectivity index (χ4n) is 1.22. The van der Waals surface area contributed by atoms with Gasteiger partial charge in [0.2, 0.25) is 0 Å². The molecule has 0 aliphatic rings. The Morgan fingerprint density at radius 3 is 2.07 bits per heavy atom. The molecule has 0 saturated heterocycles. The zero-order valence-electron chi connectivity index (χ0n) is 9.51. The summed E-state index contributed by atoms with van der Waals surface area (Å²) < 4.78 is 20.0. The molecule has 3 unspecified atom stereocenters. The standard InChI is InChI=1S/C10H20O5/c1-5-15-9(7-13-3)10(11)8(14-4)6-12-2/h5,8-11H,1,6-7H2,2-4H3. The first kappa shape index (κ1) is 14.4. The van der Waals surface area contributed by atoms with Crippen LogP contribution < -0.4 is 0 Å². The number of hydrogen-bond acceptors (Lipinski definition) is 5. The van der Waals surface area contributed by atoms with Gasteiger partial charge in [0.15, 0.2) is 0 Å². The van der Waals surface area contributed by atoms with Gasteiger partial charge >= 0.3 is 0 Å². The smallest absolute Gasteiger partial charge is 0.149 e. The van der Waals surface area contributed by atoms with Gasteiger partial charge in [-0.3, -0.25) is 0 Å². The van der Waals surface area contributed by atoms with Gasteiger partial charge in [0, 0.05) is 21.3 Å². The third-order valence-electron chi connectivity index (χ3n) is 2.00. The van der Waals surface area contributed by atoms with E-state index in [1.54, 1.807) is 7.11 Å². The molecule has 0 radical (unpaired) electrons. The summed E-state index contributed by atoms with van der Waals surface area (Å²) in [6, 6.07) is 0. The van der Waals surface area contributed by atoms with Crippen molar-refractivity contribution in [3.8, 4) is 0 Å². The lowest BCUT2D eigenvalue weighted by atomic mass is 10.1. The highest BCUT2D eigenvalue weighted by Gasteiger charge is 2.28. The molecule has 0 bridgehead atoms. The number of aliphatic hydroxyl groups is 1. The van der Waals surface area contributed by atoms with E-state index in [0.717, 1.165) is 0 Å². The van der Waals surface area contributed by atoms with Crippen LogP contribution in [0.2, 0.25) is 0 Å². The third kappa shape index (κ3) is 5.13. The van der Waals surface area contributed by atoms with E-state index in [1.165, 1.54) is 20.5 Å². The number of aliphatic hydroxyl groups excluding tert-OH is 1. The van der Waals surface area contributed by atoms with Crippen molar-refractivity contribution in [1.82, 2.24) is 0 Å². The minimum Gasteiger partial charge on any atom is -0.493 e. The lowest BCUT2D eigenvalue weighted by Gasteiger charge is -2.27. The molecule has 0 amide bonds. The second-order valence-electron chi connectivity index (χ2n) is 3.02. The van der Waals surface area contributed by atoms with Crippen molar-refractivity contribution in [2.45, 2.75) is 18.3 Å². The maximum absolute atomic E-state index is 9.90. The Morgan fingerprint density at radius 1 is 1.13 bits per heavy atom. The van der Waals surface area contributed by atoms with Crippen LogP contribution >= 0.6 is 0 Å². The average Bonchev–Trinajstić information content (AvgIpc) is 2.24. The van der Waals surface area contributed by atoms with E-state index in [-0.39, 0.29) is 6.61 Å². The van der Waals surface area contributed by atoms with Gasteiger partial charge in [-0.15, -0.1) is 0 Å². The maximum Gasteiger partial charge on any atom is 0.149 e. The summed E-state index contributed by atoms with van der Waals surface area (Å²) in [5.74, 6) is 0. The van der Waals surface area contributed by atoms with E-state index in [2.05, 4.69) is 6.58 Å². The molecular formula is C10H20O5. The van der Waals surface area contributed by atoms with Crippen LogP contribution in [0.25, 0.3) is 0 Å². The summed E-state index contributed by atoms with van der Waals surface area (Å²) in [7, 11) is 4.58. The largest absolute Gasteiger partial charge is 0.493 e. The minimum absolute atomic E-state index is 0.261. The van der Waals surface area contributed by atoms with Gasteiger partial charge < -0.3 is 24.1 Å². The van der Waals surface area contributed by atoms with Gasteiger partial charge in [-0.25, -0.2) is 0 Å². The van der Waals surface area contributed by atoms with Crippen molar-refractivity contribution in [1.29, 1.82) is 0 Å². The molecule has 0 aromatic heterocycles. The average molecular weight is 220 g/mol. The number of ether oxygens (including phenoxy) is 4. The van der Waals surface area contributed by atoms with E-state index >= 15 is 0 Å². The van der Waals surface area contributed by atoms with Crippen molar-refractivity contribution < 1.29 is 24.1 Å². The van der Waals surface area contributed by atoms with E-state index < -0.39 is 18.3 Å². The summed E-state index contributed by atoms with van der Waals surface area (Å²) in [4.78, 5) is 0. The molecule has 0 rings (SSSR count). The SMILES string of the molecule is C=COC(COC)C(O)C(COC)OC. The lowest BCUT2D eigenvalue weighted by Crippen LogP contribution is -2.44. The molecule has 90 valence electrons. The molecule has 5 heteroatoms. The fraction of sp³-hybridized carbons (Fsp3) is 0.800. The van der Waals surface area contributed by atoms with Crippen molar-refractivity contribution in [3.63, 3.8) is 0 Å². The molecule has 0 fully saturated rings. The molecule has 0 heterocycles. The van der Waals surface area contributed by atoms with Gasteiger partial charge in [-0.05, 0) is 0 Å². The predicted molar refractivity (Wildman–Crippen MR) is 55.6 cm³/mol. The van der Waals surface area contributed by atoms with Crippen LogP contribution in [-0.4, -0.2) is 58.0 Å². The van der Waals surface area contributed by atoms with E-state index in [9.17, 15) is 5.11 Å². The molecule has 1 N–H and O–H groups in total. The topological polar surface area (TPSA) is 57.2 Å². The molecule has 0 aromatic rings. The highest BCUT2D eigenvalue weighted by molar-refractivity contribution is 4.79. The Bertz CT molecular complexity index is 162. The Balaban J connectivity index is 4.28. The van der Waals surface area contributed by atoms with E-state index in [1.807, 2.05) is 0 Å². The highest BCUT2D eigenvalue weighted by Crippen LogP contribution is 2.09.